The van der Waals surface area contributed by atoms with Crippen molar-refractivity contribution in [3.05, 3.63) is 84.3 Å². The third kappa shape index (κ3) is 3.88. The summed E-state index contributed by atoms with van der Waals surface area (Å²) in [4.78, 5) is 20.5. The fourth-order valence-corrected chi connectivity index (χ4v) is 3.07. The molecule has 26 heavy (non-hydrogen) atoms. The first-order chi connectivity index (χ1) is 12.8. The average Bonchev–Trinajstić information content (AvgIpc) is 3.48. The SMILES string of the molecule is O=C(NC[C@@H]1C[C@@H]1c1ccccc1)c1cccc(Oc2cnccn2)c1. The summed E-state index contributed by atoms with van der Waals surface area (Å²) in [5, 5.41) is 3.03. The lowest BCUT2D eigenvalue weighted by molar-refractivity contribution is 0.0951. The first kappa shape index (κ1) is 16.3. The number of ether oxygens (including phenoxy) is 1. The Bertz CT molecular complexity index is 884. The highest BCUT2D eigenvalue weighted by Gasteiger charge is 2.38. The molecule has 3 aromatic rings. The summed E-state index contributed by atoms with van der Waals surface area (Å²) >= 11 is 0. The van der Waals surface area contributed by atoms with E-state index in [1.54, 1.807) is 36.7 Å². The van der Waals surface area contributed by atoms with Crippen molar-refractivity contribution < 1.29 is 9.53 Å². The van der Waals surface area contributed by atoms with E-state index in [4.69, 9.17) is 4.74 Å². The van der Waals surface area contributed by atoms with E-state index in [-0.39, 0.29) is 5.91 Å². The molecule has 0 spiro atoms. The predicted molar refractivity (Wildman–Crippen MR) is 98.2 cm³/mol. The van der Waals surface area contributed by atoms with Gasteiger partial charge in [0.2, 0.25) is 5.88 Å². The van der Waals surface area contributed by atoms with Crippen LogP contribution in [0.15, 0.2) is 73.2 Å². The van der Waals surface area contributed by atoms with Crippen LogP contribution in [0.2, 0.25) is 0 Å². The molecule has 5 heteroatoms. The molecule has 1 fully saturated rings. The third-order valence-corrected chi connectivity index (χ3v) is 4.53. The molecule has 2 aromatic carbocycles. The van der Waals surface area contributed by atoms with Crippen molar-refractivity contribution in [2.24, 2.45) is 5.92 Å². The van der Waals surface area contributed by atoms with Gasteiger partial charge in [-0.1, -0.05) is 36.4 Å². The third-order valence-electron chi connectivity index (χ3n) is 4.53. The van der Waals surface area contributed by atoms with Gasteiger partial charge in [0.15, 0.2) is 0 Å². The number of hydrogen-bond donors (Lipinski definition) is 1. The van der Waals surface area contributed by atoms with Crippen LogP contribution in [-0.4, -0.2) is 22.4 Å². The standard InChI is InChI=1S/C21H19N3O2/c25-21(24-13-17-12-19(17)15-5-2-1-3-6-15)16-7-4-8-18(11-16)26-20-14-22-9-10-23-20/h1-11,14,17,19H,12-13H2,(H,24,25)/t17-,19+/m0/s1. The number of nitrogens with zero attached hydrogens (tertiary/aromatic N) is 2. The minimum Gasteiger partial charge on any atom is -0.437 e. The molecule has 0 aliphatic heterocycles. The van der Waals surface area contributed by atoms with Crippen LogP contribution in [0, 0.1) is 5.92 Å². The van der Waals surface area contributed by atoms with Gasteiger partial charge in [-0.25, -0.2) is 4.98 Å². The molecule has 0 bridgehead atoms. The highest BCUT2D eigenvalue weighted by Crippen LogP contribution is 2.46. The van der Waals surface area contributed by atoms with Gasteiger partial charge < -0.3 is 10.1 Å². The number of carbonyl (C=O) groups excluding carboxylic acids is 1. The van der Waals surface area contributed by atoms with E-state index in [0.717, 1.165) is 6.42 Å². The monoisotopic (exact) mass is 345 g/mol. The lowest BCUT2D eigenvalue weighted by atomic mass is 10.1. The second-order valence-electron chi connectivity index (χ2n) is 6.40. The topological polar surface area (TPSA) is 64.1 Å². The van der Waals surface area contributed by atoms with Crippen molar-refractivity contribution in [1.29, 1.82) is 0 Å². The van der Waals surface area contributed by atoms with E-state index in [2.05, 4.69) is 39.6 Å². The molecule has 1 amide bonds. The lowest BCUT2D eigenvalue weighted by Crippen LogP contribution is -2.25. The normalized spacial score (nSPS) is 18.2. The Kier molecular flexibility index (Phi) is 4.60. The van der Waals surface area contributed by atoms with Gasteiger partial charge in [0.25, 0.3) is 5.91 Å². The smallest absolute Gasteiger partial charge is 0.251 e. The number of rotatable bonds is 6. The predicted octanol–water partition coefficient (Wildman–Crippen LogP) is 3.80. The second-order valence-corrected chi connectivity index (χ2v) is 6.40. The van der Waals surface area contributed by atoms with E-state index in [0.29, 0.717) is 35.6 Å². The van der Waals surface area contributed by atoms with Crippen molar-refractivity contribution in [2.75, 3.05) is 6.54 Å². The number of aromatic nitrogens is 2. The maximum absolute atomic E-state index is 12.4. The molecule has 1 heterocycles. The Morgan fingerprint density at radius 2 is 2.00 bits per heavy atom. The number of carbonyl (C=O) groups is 1. The van der Waals surface area contributed by atoms with Gasteiger partial charge in [0.1, 0.15) is 5.75 Å². The Morgan fingerprint density at radius 1 is 1.12 bits per heavy atom. The zero-order valence-corrected chi connectivity index (χ0v) is 14.2. The van der Waals surface area contributed by atoms with E-state index >= 15 is 0 Å². The van der Waals surface area contributed by atoms with Crippen LogP contribution in [0.1, 0.15) is 28.3 Å². The summed E-state index contributed by atoms with van der Waals surface area (Å²) in [6.07, 6.45) is 5.80. The van der Waals surface area contributed by atoms with Gasteiger partial charge in [-0.2, -0.15) is 0 Å². The molecular weight excluding hydrogens is 326 g/mol. The van der Waals surface area contributed by atoms with Gasteiger partial charge in [0.05, 0.1) is 6.20 Å². The van der Waals surface area contributed by atoms with Crippen molar-refractivity contribution in [1.82, 2.24) is 15.3 Å². The minimum absolute atomic E-state index is 0.0895. The van der Waals surface area contributed by atoms with Gasteiger partial charge in [0, 0.05) is 24.5 Å². The fraction of sp³-hybridized carbons (Fsp3) is 0.190. The van der Waals surface area contributed by atoms with Crippen LogP contribution in [-0.2, 0) is 0 Å². The molecule has 1 N–H and O–H groups in total. The number of amides is 1. The molecular formula is C21H19N3O2. The Hall–Kier alpha value is -3.21. The minimum atomic E-state index is -0.0895. The van der Waals surface area contributed by atoms with Crippen LogP contribution >= 0.6 is 0 Å². The van der Waals surface area contributed by atoms with Crippen molar-refractivity contribution in [3.63, 3.8) is 0 Å². The molecule has 5 nitrogen and oxygen atoms in total. The highest BCUT2D eigenvalue weighted by atomic mass is 16.5. The number of nitrogens with one attached hydrogen (secondary N) is 1. The van der Waals surface area contributed by atoms with Gasteiger partial charge in [-0.15, -0.1) is 0 Å². The maximum atomic E-state index is 12.4. The number of hydrogen-bond acceptors (Lipinski definition) is 4. The van der Waals surface area contributed by atoms with E-state index in [1.807, 2.05) is 6.07 Å². The van der Waals surface area contributed by atoms with Crippen molar-refractivity contribution in [3.8, 4) is 11.6 Å². The zero-order valence-electron chi connectivity index (χ0n) is 14.2. The fourth-order valence-electron chi connectivity index (χ4n) is 3.07. The Morgan fingerprint density at radius 3 is 2.81 bits per heavy atom. The molecule has 1 aliphatic rings. The second kappa shape index (κ2) is 7.35. The highest BCUT2D eigenvalue weighted by molar-refractivity contribution is 5.94. The summed E-state index contributed by atoms with van der Waals surface area (Å²) in [5.74, 6) is 1.94. The zero-order chi connectivity index (χ0) is 17.8. The first-order valence-electron chi connectivity index (χ1n) is 8.66. The van der Waals surface area contributed by atoms with Crippen LogP contribution in [0.5, 0.6) is 11.6 Å². The molecule has 130 valence electrons. The summed E-state index contributed by atoms with van der Waals surface area (Å²) in [5.41, 5.74) is 1.93. The number of benzene rings is 2. The van der Waals surface area contributed by atoms with Gasteiger partial charge >= 0.3 is 0 Å². The summed E-state index contributed by atoms with van der Waals surface area (Å²) in [6, 6.07) is 17.5. The van der Waals surface area contributed by atoms with Crippen LogP contribution in [0.25, 0.3) is 0 Å². The molecule has 1 aromatic heterocycles. The molecule has 4 rings (SSSR count). The van der Waals surface area contributed by atoms with Crippen molar-refractivity contribution >= 4 is 5.91 Å². The largest absolute Gasteiger partial charge is 0.437 e. The summed E-state index contributed by atoms with van der Waals surface area (Å²) in [7, 11) is 0. The molecule has 2 atom stereocenters. The summed E-state index contributed by atoms with van der Waals surface area (Å²) in [6.45, 7) is 0.688. The van der Waals surface area contributed by atoms with Crippen LogP contribution in [0.4, 0.5) is 0 Å². The van der Waals surface area contributed by atoms with E-state index in [1.165, 1.54) is 11.8 Å². The van der Waals surface area contributed by atoms with Gasteiger partial charge in [-0.3, -0.25) is 9.78 Å². The van der Waals surface area contributed by atoms with Crippen LogP contribution in [0.3, 0.4) is 0 Å². The lowest BCUT2D eigenvalue weighted by Gasteiger charge is -2.08. The average molecular weight is 345 g/mol. The van der Waals surface area contributed by atoms with E-state index < -0.39 is 0 Å². The molecule has 0 radical (unpaired) electrons. The quantitative estimate of drug-likeness (QED) is 0.738. The van der Waals surface area contributed by atoms with Crippen molar-refractivity contribution in [2.45, 2.75) is 12.3 Å². The maximum Gasteiger partial charge on any atom is 0.251 e. The molecule has 0 saturated heterocycles. The molecule has 0 unspecified atom stereocenters. The van der Waals surface area contributed by atoms with Crippen LogP contribution < -0.4 is 10.1 Å². The van der Waals surface area contributed by atoms with Gasteiger partial charge in [-0.05, 0) is 42.0 Å². The summed E-state index contributed by atoms with van der Waals surface area (Å²) < 4.78 is 5.63. The molecule has 1 aliphatic carbocycles. The Labute approximate surface area is 152 Å². The van der Waals surface area contributed by atoms with E-state index in [9.17, 15) is 4.79 Å². The Balaban J connectivity index is 1.33. The first-order valence-corrected chi connectivity index (χ1v) is 8.66. The molecule has 1 saturated carbocycles.